The van der Waals surface area contributed by atoms with Crippen molar-refractivity contribution in [3.05, 3.63) is 55.4 Å². The molecule has 2 aromatic carbocycles. The molecular formula is C13H7BrCl3NO2. The van der Waals surface area contributed by atoms with Crippen LogP contribution >= 0.6 is 50.7 Å². The normalized spacial score (nSPS) is 10.4. The second-order valence-corrected chi connectivity index (χ2v) is 6.03. The first-order chi connectivity index (χ1) is 9.38. The van der Waals surface area contributed by atoms with Crippen molar-refractivity contribution in [2.75, 3.05) is 5.32 Å². The molecule has 0 aromatic heterocycles. The Bertz CT molecular complexity index is 668. The summed E-state index contributed by atoms with van der Waals surface area (Å²) < 4.78 is 0.661. The van der Waals surface area contributed by atoms with E-state index in [0.717, 1.165) is 0 Å². The molecule has 1 amide bonds. The number of phenols is 1. The van der Waals surface area contributed by atoms with E-state index in [9.17, 15) is 9.90 Å². The topological polar surface area (TPSA) is 49.3 Å². The molecule has 2 N–H and O–H groups in total. The predicted molar refractivity (Wildman–Crippen MR) is 85.2 cm³/mol. The standard InChI is InChI=1S/C13H7BrCl3NO2/c14-6-1-2-8(11(19)3-6)13(20)18-12-9(16)4-7(15)5-10(12)17/h1-5,19H,(H,18,20). The monoisotopic (exact) mass is 393 g/mol. The van der Waals surface area contributed by atoms with Crippen LogP contribution in [0, 0.1) is 0 Å². The molecule has 0 saturated carbocycles. The number of nitrogens with one attached hydrogen (secondary N) is 1. The summed E-state index contributed by atoms with van der Waals surface area (Å²) in [6, 6.07) is 7.46. The molecule has 0 saturated heterocycles. The maximum absolute atomic E-state index is 12.1. The van der Waals surface area contributed by atoms with E-state index in [1.807, 2.05) is 0 Å². The lowest BCUT2D eigenvalue weighted by Crippen LogP contribution is -2.12. The average Bonchev–Trinajstić information content (AvgIpc) is 2.33. The van der Waals surface area contributed by atoms with Crippen molar-refractivity contribution in [1.82, 2.24) is 0 Å². The molecule has 0 radical (unpaired) electrons. The molecule has 0 aliphatic heterocycles. The van der Waals surface area contributed by atoms with Crippen molar-refractivity contribution < 1.29 is 9.90 Å². The van der Waals surface area contributed by atoms with Gasteiger partial charge >= 0.3 is 0 Å². The van der Waals surface area contributed by atoms with Gasteiger partial charge in [-0.05, 0) is 30.3 Å². The largest absolute Gasteiger partial charge is 0.507 e. The Morgan fingerprint density at radius 1 is 1.10 bits per heavy atom. The summed E-state index contributed by atoms with van der Waals surface area (Å²) >= 11 is 20.9. The third kappa shape index (κ3) is 3.38. The quantitative estimate of drug-likeness (QED) is 0.718. The van der Waals surface area contributed by atoms with Gasteiger partial charge in [-0.25, -0.2) is 0 Å². The number of hydrogen-bond donors (Lipinski definition) is 2. The first-order valence-corrected chi connectivity index (χ1v) is 7.25. The maximum atomic E-state index is 12.1. The summed E-state index contributed by atoms with van der Waals surface area (Å²) in [5.74, 6) is -0.681. The number of hydrogen-bond acceptors (Lipinski definition) is 2. The smallest absolute Gasteiger partial charge is 0.259 e. The maximum Gasteiger partial charge on any atom is 0.259 e. The van der Waals surface area contributed by atoms with Gasteiger partial charge in [-0.15, -0.1) is 0 Å². The molecule has 0 fully saturated rings. The van der Waals surface area contributed by atoms with Gasteiger partial charge in [0.05, 0.1) is 21.3 Å². The average molecular weight is 395 g/mol. The molecule has 0 aliphatic carbocycles. The molecule has 0 aliphatic rings. The minimum absolute atomic E-state index is 0.107. The predicted octanol–water partition coefficient (Wildman–Crippen LogP) is 5.37. The van der Waals surface area contributed by atoms with E-state index in [4.69, 9.17) is 34.8 Å². The molecular weight excluding hydrogens is 388 g/mol. The number of phenolic OH excluding ortho intramolecular Hbond substituents is 1. The van der Waals surface area contributed by atoms with Gasteiger partial charge in [-0.2, -0.15) is 0 Å². The molecule has 3 nitrogen and oxygen atoms in total. The molecule has 104 valence electrons. The van der Waals surface area contributed by atoms with E-state index >= 15 is 0 Å². The SMILES string of the molecule is O=C(Nc1c(Cl)cc(Cl)cc1Cl)c1ccc(Br)cc1O. The van der Waals surface area contributed by atoms with Gasteiger partial charge in [-0.3, -0.25) is 4.79 Å². The number of carbonyl (C=O) groups excluding carboxylic acids is 1. The molecule has 0 spiro atoms. The van der Waals surface area contributed by atoms with Crippen LogP contribution in [0.1, 0.15) is 10.4 Å². The molecule has 0 bridgehead atoms. The molecule has 0 atom stereocenters. The highest BCUT2D eigenvalue weighted by atomic mass is 79.9. The molecule has 0 heterocycles. The number of aromatic hydroxyl groups is 1. The zero-order valence-corrected chi connectivity index (χ0v) is 13.6. The van der Waals surface area contributed by atoms with Crippen molar-refractivity contribution in [2.45, 2.75) is 0 Å². The van der Waals surface area contributed by atoms with Gasteiger partial charge < -0.3 is 10.4 Å². The highest BCUT2D eigenvalue weighted by Crippen LogP contribution is 2.34. The number of amides is 1. The van der Waals surface area contributed by atoms with Crippen LogP contribution in [0.5, 0.6) is 5.75 Å². The summed E-state index contributed by atoms with van der Waals surface area (Å²) in [4.78, 5) is 12.1. The minimum Gasteiger partial charge on any atom is -0.507 e. The van der Waals surface area contributed by atoms with Crippen LogP contribution in [0.25, 0.3) is 0 Å². The van der Waals surface area contributed by atoms with Gasteiger partial charge in [0.15, 0.2) is 0 Å². The lowest BCUT2D eigenvalue weighted by atomic mass is 10.2. The van der Waals surface area contributed by atoms with Crippen molar-refractivity contribution in [3.63, 3.8) is 0 Å². The summed E-state index contributed by atoms with van der Waals surface area (Å²) in [6.07, 6.45) is 0. The van der Waals surface area contributed by atoms with Gasteiger partial charge in [0, 0.05) is 9.50 Å². The molecule has 2 aromatic rings. The summed E-state index contributed by atoms with van der Waals surface area (Å²) in [6.45, 7) is 0. The number of benzene rings is 2. The van der Waals surface area contributed by atoms with E-state index in [0.29, 0.717) is 9.50 Å². The molecule has 0 unspecified atom stereocenters. The minimum atomic E-state index is -0.527. The van der Waals surface area contributed by atoms with Crippen molar-refractivity contribution in [1.29, 1.82) is 0 Å². The Kier molecular flexibility index (Phi) is 4.81. The van der Waals surface area contributed by atoms with Gasteiger partial charge in [0.1, 0.15) is 5.75 Å². The fourth-order valence-corrected chi connectivity index (χ4v) is 2.80. The summed E-state index contributed by atoms with van der Waals surface area (Å²) in [5.41, 5.74) is 0.348. The zero-order chi connectivity index (χ0) is 14.9. The third-order valence-corrected chi connectivity index (χ3v) is 3.76. The van der Waals surface area contributed by atoms with Crippen LogP contribution < -0.4 is 5.32 Å². The van der Waals surface area contributed by atoms with Crippen LogP contribution in [-0.4, -0.2) is 11.0 Å². The highest BCUT2D eigenvalue weighted by Gasteiger charge is 2.15. The van der Waals surface area contributed by atoms with E-state index < -0.39 is 5.91 Å². The number of anilines is 1. The fraction of sp³-hybridized carbons (Fsp3) is 0. The van der Waals surface area contributed by atoms with E-state index in [1.54, 1.807) is 6.07 Å². The number of carbonyl (C=O) groups is 1. The molecule has 20 heavy (non-hydrogen) atoms. The first-order valence-electron chi connectivity index (χ1n) is 5.33. The third-order valence-electron chi connectivity index (χ3n) is 2.45. The van der Waals surface area contributed by atoms with Crippen LogP contribution in [0.2, 0.25) is 15.1 Å². The second kappa shape index (κ2) is 6.22. The van der Waals surface area contributed by atoms with Crippen LogP contribution in [0.4, 0.5) is 5.69 Å². The van der Waals surface area contributed by atoms with Crippen molar-refractivity contribution in [2.24, 2.45) is 0 Å². The van der Waals surface area contributed by atoms with Crippen LogP contribution in [0.3, 0.4) is 0 Å². The van der Waals surface area contributed by atoms with E-state index in [2.05, 4.69) is 21.2 Å². The van der Waals surface area contributed by atoms with Gasteiger partial charge in [-0.1, -0.05) is 50.7 Å². The lowest BCUT2D eigenvalue weighted by Gasteiger charge is -2.11. The van der Waals surface area contributed by atoms with Crippen molar-refractivity contribution in [3.8, 4) is 5.75 Å². The van der Waals surface area contributed by atoms with Gasteiger partial charge in [0.25, 0.3) is 5.91 Å². The molecule has 7 heteroatoms. The zero-order valence-electron chi connectivity index (χ0n) is 9.75. The lowest BCUT2D eigenvalue weighted by molar-refractivity contribution is 0.102. The Balaban J connectivity index is 2.33. The Morgan fingerprint density at radius 2 is 1.70 bits per heavy atom. The van der Waals surface area contributed by atoms with E-state index in [1.165, 1.54) is 24.3 Å². The first kappa shape index (κ1) is 15.4. The number of halogens is 4. The van der Waals surface area contributed by atoms with Gasteiger partial charge in [0.2, 0.25) is 0 Å². The van der Waals surface area contributed by atoms with Crippen LogP contribution in [-0.2, 0) is 0 Å². The molecule has 2 rings (SSSR count). The number of rotatable bonds is 2. The van der Waals surface area contributed by atoms with E-state index in [-0.39, 0.29) is 27.0 Å². The fourth-order valence-electron chi connectivity index (χ4n) is 1.54. The highest BCUT2D eigenvalue weighted by molar-refractivity contribution is 9.10. The Morgan fingerprint density at radius 3 is 2.25 bits per heavy atom. The van der Waals surface area contributed by atoms with Crippen LogP contribution in [0.15, 0.2) is 34.8 Å². The second-order valence-electron chi connectivity index (χ2n) is 3.86. The van der Waals surface area contributed by atoms with Crippen molar-refractivity contribution >= 4 is 62.3 Å². The Hall–Kier alpha value is -0.940. The Labute approximate surface area is 138 Å². The summed E-state index contributed by atoms with van der Waals surface area (Å²) in [7, 11) is 0. The summed E-state index contributed by atoms with van der Waals surface area (Å²) in [5, 5.41) is 13.1.